The van der Waals surface area contributed by atoms with Gasteiger partial charge in [-0.15, -0.1) is 0 Å². The molecule has 1 aromatic rings. The van der Waals surface area contributed by atoms with Crippen LogP contribution in [-0.2, 0) is 0 Å². The molecule has 5 nitrogen and oxygen atoms in total. The minimum Gasteiger partial charge on any atom is -0.493 e. The van der Waals surface area contributed by atoms with Gasteiger partial charge in [-0.2, -0.15) is 0 Å². The summed E-state index contributed by atoms with van der Waals surface area (Å²) in [6.07, 6.45) is 1.05. The van der Waals surface area contributed by atoms with Crippen LogP contribution in [0.1, 0.15) is 19.0 Å². The standard InChI is InChI=1S/C12H17N3O2/c1-7-6-9(7)14-12(16)15-11-10(17-3)5-4-8(2)13-11/h4-5,7,9H,6H2,1-3H3,(H2,13,14,15,16)/t7-,9-/m1/s1. The molecular formula is C12H17N3O2. The topological polar surface area (TPSA) is 63.2 Å². The summed E-state index contributed by atoms with van der Waals surface area (Å²) >= 11 is 0. The van der Waals surface area contributed by atoms with Crippen molar-refractivity contribution in [2.24, 2.45) is 5.92 Å². The lowest BCUT2D eigenvalue weighted by Crippen LogP contribution is -2.31. The third-order valence-electron chi connectivity index (χ3n) is 2.88. The van der Waals surface area contributed by atoms with E-state index in [1.165, 1.54) is 0 Å². The zero-order valence-electron chi connectivity index (χ0n) is 10.3. The molecule has 2 atom stereocenters. The number of aromatic nitrogens is 1. The van der Waals surface area contributed by atoms with Gasteiger partial charge in [0, 0.05) is 11.7 Å². The lowest BCUT2D eigenvalue weighted by Gasteiger charge is -2.10. The van der Waals surface area contributed by atoms with E-state index in [2.05, 4.69) is 22.5 Å². The molecule has 0 unspecified atom stereocenters. The first-order valence-corrected chi connectivity index (χ1v) is 5.69. The fourth-order valence-electron chi connectivity index (χ4n) is 1.63. The molecule has 0 aromatic carbocycles. The van der Waals surface area contributed by atoms with Crippen molar-refractivity contribution in [2.75, 3.05) is 12.4 Å². The minimum atomic E-state index is -0.226. The van der Waals surface area contributed by atoms with E-state index < -0.39 is 0 Å². The second-order valence-corrected chi connectivity index (χ2v) is 4.42. The van der Waals surface area contributed by atoms with E-state index in [0.717, 1.165) is 12.1 Å². The lowest BCUT2D eigenvalue weighted by molar-refractivity contribution is 0.251. The summed E-state index contributed by atoms with van der Waals surface area (Å²) in [4.78, 5) is 15.9. The van der Waals surface area contributed by atoms with Gasteiger partial charge in [0.25, 0.3) is 0 Å². The highest BCUT2D eigenvalue weighted by atomic mass is 16.5. The van der Waals surface area contributed by atoms with E-state index in [9.17, 15) is 4.79 Å². The van der Waals surface area contributed by atoms with Crippen molar-refractivity contribution in [3.05, 3.63) is 17.8 Å². The summed E-state index contributed by atoms with van der Waals surface area (Å²) in [5.41, 5.74) is 0.834. The normalized spacial score (nSPS) is 21.8. The Morgan fingerprint density at radius 2 is 2.24 bits per heavy atom. The zero-order valence-corrected chi connectivity index (χ0v) is 10.3. The number of urea groups is 1. The van der Waals surface area contributed by atoms with Crippen LogP contribution in [0.3, 0.4) is 0 Å². The number of hydrogen-bond acceptors (Lipinski definition) is 3. The molecule has 0 spiro atoms. The van der Waals surface area contributed by atoms with Crippen LogP contribution < -0.4 is 15.4 Å². The molecule has 0 saturated heterocycles. The van der Waals surface area contributed by atoms with Gasteiger partial charge in [0.15, 0.2) is 11.6 Å². The van der Waals surface area contributed by atoms with E-state index in [0.29, 0.717) is 23.5 Å². The van der Waals surface area contributed by atoms with Gasteiger partial charge in [0.2, 0.25) is 0 Å². The Morgan fingerprint density at radius 1 is 1.53 bits per heavy atom. The number of nitrogens with one attached hydrogen (secondary N) is 2. The van der Waals surface area contributed by atoms with Gasteiger partial charge in [-0.1, -0.05) is 6.92 Å². The number of rotatable bonds is 3. The smallest absolute Gasteiger partial charge is 0.320 e. The van der Waals surface area contributed by atoms with Crippen molar-refractivity contribution in [1.82, 2.24) is 10.3 Å². The first-order valence-electron chi connectivity index (χ1n) is 5.69. The average molecular weight is 235 g/mol. The summed E-state index contributed by atoms with van der Waals surface area (Å²) in [7, 11) is 1.55. The molecule has 5 heteroatoms. The Kier molecular flexibility index (Phi) is 3.17. The third kappa shape index (κ3) is 2.87. The molecule has 1 heterocycles. The number of carbonyl (C=O) groups is 1. The van der Waals surface area contributed by atoms with Crippen molar-refractivity contribution in [3.63, 3.8) is 0 Å². The predicted octanol–water partition coefficient (Wildman–Crippen LogP) is 1.93. The molecule has 1 aromatic heterocycles. The van der Waals surface area contributed by atoms with Crippen LogP contribution in [0.4, 0.5) is 10.6 Å². The maximum atomic E-state index is 11.7. The highest BCUT2D eigenvalue weighted by Crippen LogP contribution is 2.29. The number of amides is 2. The molecule has 1 fully saturated rings. The number of ether oxygens (including phenoxy) is 1. The van der Waals surface area contributed by atoms with E-state index in [4.69, 9.17) is 4.74 Å². The summed E-state index contributed by atoms with van der Waals surface area (Å²) < 4.78 is 5.14. The Bertz CT molecular complexity index is 434. The Morgan fingerprint density at radius 3 is 2.82 bits per heavy atom. The highest BCUT2D eigenvalue weighted by molar-refractivity contribution is 5.90. The summed E-state index contributed by atoms with van der Waals surface area (Å²) in [6, 6.07) is 3.70. The van der Waals surface area contributed by atoms with Crippen LogP contribution in [-0.4, -0.2) is 24.2 Å². The van der Waals surface area contributed by atoms with Crippen LogP contribution >= 0.6 is 0 Å². The molecular weight excluding hydrogens is 218 g/mol. The summed E-state index contributed by atoms with van der Waals surface area (Å²) in [5, 5.41) is 5.59. The molecule has 2 N–H and O–H groups in total. The monoisotopic (exact) mass is 235 g/mol. The maximum absolute atomic E-state index is 11.7. The highest BCUT2D eigenvalue weighted by Gasteiger charge is 2.33. The zero-order chi connectivity index (χ0) is 12.4. The molecule has 0 radical (unpaired) electrons. The number of carbonyl (C=O) groups excluding carboxylic acids is 1. The first-order chi connectivity index (χ1) is 8.10. The maximum Gasteiger partial charge on any atom is 0.320 e. The van der Waals surface area contributed by atoms with Crippen molar-refractivity contribution >= 4 is 11.8 Å². The van der Waals surface area contributed by atoms with Crippen molar-refractivity contribution in [1.29, 1.82) is 0 Å². The van der Waals surface area contributed by atoms with Gasteiger partial charge in [0.1, 0.15) is 0 Å². The van der Waals surface area contributed by atoms with E-state index in [-0.39, 0.29) is 6.03 Å². The fraction of sp³-hybridized carbons (Fsp3) is 0.500. The van der Waals surface area contributed by atoms with Crippen LogP contribution in [0.2, 0.25) is 0 Å². The van der Waals surface area contributed by atoms with Gasteiger partial charge in [-0.05, 0) is 31.4 Å². The lowest BCUT2D eigenvalue weighted by atomic mass is 10.3. The van der Waals surface area contributed by atoms with Gasteiger partial charge < -0.3 is 10.1 Å². The van der Waals surface area contributed by atoms with Gasteiger partial charge in [-0.3, -0.25) is 5.32 Å². The Balaban J connectivity index is 2.01. The molecule has 92 valence electrons. The fourth-order valence-corrected chi connectivity index (χ4v) is 1.63. The van der Waals surface area contributed by atoms with E-state index in [1.54, 1.807) is 13.2 Å². The quantitative estimate of drug-likeness (QED) is 0.841. The van der Waals surface area contributed by atoms with Gasteiger partial charge >= 0.3 is 6.03 Å². The van der Waals surface area contributed by atoms with Crippen molar-refractivity contribution < 1.29 is 9.53 Å². The summed E-state index contributed by atoms with van der Waals surface area (Å²) in [5.74, 6) is 1.60. The van der Waals surface area contributed by atoms with Crippen LogP contribution in [0.25, 0.3) is 0 Å². The average Bonchev–Trinajstić information content (AvgIpc) is 2.94. The first kappa shape index (κ1) is 11.7. The van der Waals surface area contributed by atoms with Crippen LogP contribution in [0.5, 0.6) is 5.75 Å². The molecule has 1 aliphatic carbocycles. The second-order valence-electron chi connectivity index (χ2n) is 4.42. The van der Waals surface area contributed by atoms with Crippen LogP contribution in [0, 0.1) is 12.8 Å². The van der Waals surface area contributed by atoms with Crippen molar-refractivity contribution in [3.8, 4) is 5.75 Å². The Labute approximate surface area is 101 Å². The molecule has 2 rings (SSSR count). The molecule has 0 aliphatic heterocycles. The SMILES string of the molecule is COc1ccc(C)nc1NC(=O)N[C@@H]1C[C@H]1C. The number of nitrogens with zero attached hydrogens (tertiary/aromatic N) is 1. The van der Waals surface area contributed by atoms with E-state index in [1.807, 2.05) is 13.0 Å². The Hall–Kier alpha value is -1.78. The molecule has 2 amide bonds. The summed E-state index contributed by atoms with van der Waals surface area (Å²) in [6.45, 7) is 3.97. The predicted molar refractivity (Wildman–Crippen MR) is 65.2 cm³/mol. The number of methoxy groups -OCH3 is 1. The minimum absolute atomic E-state index is 0.226. The molecule has 0 bridgehead atoms. The number of aryl methyl sites for hydroxylation is 1. The van der Waals surface area contributed by atoms with Crippen molar-refractivity contribution in [2.45, 2.75) is 26.3 Å². The van der Waals surface area contributed by atoms with E-state index >= 15 is 0 Å². The van der Waals surface area contributed by atoms with Crippen LogP contribution in [0.15, 0.2) is 12.1 Å². The molecule has 1 saturated carbocycles. The van der Waals surface area contributed by atoms with Gasteiger partial charge in [0.05, 0.1) is 7.11 Å². The second kappa shape index (κ2) is 4.61. The molecule has 17 heavy (non-hydrogen) atoms. The number of anilines is 1. The molecule has 1 aliphatic rings. The largest absolute Gasteiger partial charge is 0.493 e. The van der Waals surface area contributed by atoms with Gasteiger partial charge in [-0.25, -0.2) is 9.78 Å². The number of hydrogen-bond donors (Lipinski definition) is 2. The number of pyridine rings is 1. The third-order valence-corrected chi connectivity index (χ3v) is 2.88.